The summed E-state index contributed by atoms with van der Waals surface area (Å²) in [6.07, 6.45) is 0. The van der Waals surface area contributed by atoms with E-state index in [0.29, 0.717) is 9.50 Å². The Kier molecular flexibility index (Phi) is 2.77. The highest BCUT2D eigenvalue weighted by Crippen LogP contribution is 2.24. The Morgan fingerprint density at radius 3 is 2.42 bits per heavy atom. The Morgan fingerprint density at radius 2 is 2.00 bits per heavy atom. The number of benzene rings is 1. The maximum absolute atomic E-state index is 10.8. The van der Waals surface area contributed by atoms with Gasteiger partial charge in [-0.15, -0.1) is 0 Å². The number of rotatable bonds is 1. The summed E-state index contributed by atoms with van der Waals surface area (Å²) in [6, 6.07) is 4.17. The molecule has 2 N–H and O–H groups in total. The molecule has 0 atom stereocenters. The van der Waals surface area contributed by atoms with E-state index >= 15 is 0 Å². The highest BCUT2D eigenvalue weighted by molar-refractivity contribution is 9.10. The molecule has 1 aromatic carbocycles. The third-order valence-electron chi connectivity index (χ3n) is 1.22. The fraction of sp³-hybridized carbons (Fsp3) is 0. The molecule has 6 heteroatoms. The molecule has 0 aliphatic rings. The topological polar surface area (TPSA) is 60.2 Å². The summed E-state index contributed by atoms with van der Waals surface area (Å²) in [5.74, 6) is 0. The van der Waals surface area contributed by atoms with Crippen LogP contribution in [0.15, 0.2) is 27.6 Å². The zero-order valence-corrected chi connectivity index (χ0v) is 8.95. The second kappa shape index (κ2) is 3.33. The Balaban J connectivity index is 3.33. The van der Waals surface area contributed by atoms with Crippen molar-refractivity contribution in [2.24, 2.45) is 5.14 Å². The minimum absolute atomic E-state index is 0.0405. The van der Waals surface area contributed by atoms with Gasteiger partial charge in [0.25, 0.3) is 0 Å². The van der Waals surface area contributed by atoms with Crippen molar-refractivity contribution in [2.75, 3.05) is 0 Å². The largest absolute Gasteiger partial charge is 0.238 e. The van der Waals surface area contributed by atoms with E-state index in [-0.39, 0.29) is 4.90 Å². The average molecular weight is 271 g/mol. The highest BCUT2D eigenvalue weighted by Gasteiger charge is 2.08. The van der Waals surface area contributed by atoms with Crippen molar-refractivity contribution in [1.29, 1.82) is 0 Å². The zero-order valence-electron chi connectivity index (χ0n) is 5.79. The van der Waals surface area contributed by atoms with Crippen molar-refractivity contribution in [3.05, 3.63) is 27.7 Å². The van der Waals surface area contributed by atoms with Crippen LogP contribution in [0.4, 0.5) is 0 Å². The number of sulfonamides is 1. The molecule has 0 bridgehead atoms. The van der Waals surface area contributed by atoms with Gasteiger partial charge in [0.2, 0.25) is 10.0 Å². The van der Waals surface area contributed by atoms with E-state index in [1.165, 1.54) is 18.2 Å². The molecule has 0 saturated carbocycles. The molecule has 12 heavy (non-hydrogen) atoms. The lowest BCUT2D eigenvalue weighted by Crippen LogP contribution is -2.11. The van der Waals surface area contributed by atoms with Crippen molar-refractivity contribution in [3.8, 4) is 0 Å². The minimum Gasteiger partial charge on any atom is -0.225 e. The summed E-state index contributed by atoms with van der Waals surface area (Å²) >= 11 is 8.73. The molecule has 0 fully saturated rings. The van der Waals surface area contributed by atoms with Crippen LogP contribution in [0.3, 0.4) is 0 Å². The third kappa shape index (κ3) is 2.20. The van der Waals surface area contributed by atoms with Crippen LogP contribution in [-0.4, -0.2) is 8.42 Å². The molecule has 66 valence electrons. The Labute approximate surface area is 83.7 Å². The average Bonchev–Trinajstić information content (AvgIpc) is 1.92. The molecule has 3 nitrogen and oxygen atoms in total. The monoisotopic (exact) mass is 269 g/mol. The van der Waals surface area contributed by atoms with Crippen LogP contribution in [0.1, 0.15) is 0 Å². The van der Waals surface area contributed by atoms with Crippen LogP contribution in [0.25, 0.3) is 0 Å². The van der Waals surface area contributed by atoms with E-state index < -0.39 is 10.0 Å². The molecular weight excluding hydrogens is 265 g/mol. The third-order valence-corrected chi connectivity index (χ3v) is 3.34. The van der Waals surface area contributed by atoms with Gasteiger partial charge in [-0.2, -0.15) is 0 Å². The predicted octanol–water partition coefficient (Wildman–Crippen LogP) is 1.75. The van der Waals surface area contributed by atoms with Crippen molar-refractivity contribution in [1.82, 2.24) is 0 Å². The molecule has 1 rings (SSSR count). The molecule has 0 aromatic heterocycles. The van der Waals surface area contributed by atoms with Gasteiger partial charge in [0, 0.05) is 4.47 Å². The van der Waals surface area contributed by atoms with Crippen molar-refractivity contribution >= 4 is 37.6 Å². The first-order valence-electron chi connectivity index (χ1n) is 2.89. The summed E-state index contributed by atoms with van der Waals surface area (Å²) < 4.78 is 22.1. The van der Waals surface area contributed by atoms with E-state index in [1.807, 2.05) is 0 Å². The van der Waals surface area contributed by atoms with Crippen molar-refractivity contribution in [2.45, 2.75) is 4.90 Å². The fourth-order valence-corrected chi connectivity index (χ4v) is 1.84. The van der Waals surface area contributed by atoms with Crippen LogP contribution in [-0.2, 0) is 10.0 Å². The first-order valence-corrected chi connectivity index (χ1v) is 5.61. The minimum atomic E-state index is -3.63. The van der Waals surface area contributed by atoms with Gasteiger partial charge in [0.05, 0.1) is 9.92 Å². The van der Waals surface area contributed by atoms with Gasteiger partial charge in [0.1, 0.15) is 0 Å². The second-order valence-corrected chi connectivity index (χ2v) is 4.94. The summed E-state index contributed by atoms with van der Waals surface area (Å²) in [7, 11) is -3.63. The van der Waals surface area contributed by atoms with Crippen LogP contribution < -0.4 is 5.14 Å². The molecule has 0 unspecified atom stereocenters. The van der Waals surface area contributed by atoms with E-state index in [1.54, 1.807) is 0 Å². The molecule has 0 aliphatic heterocycles. The van der Waals surface area contributed by atoms with Gasteiger partial charge in [-0.25, -0.2) is 13.6 Å². The molecule has 0 heterocycles. The zero-order chi connectivity index (χ0) is 9.35. The lowest BCUT2D eigenvalue weighted by atomic mass is 10.4. The van der Waals surface area contributed by atoms with Gasteiger partial charge in [-0.05, 0) is 34.1 Å². The van der Waals surface area contributed by atoms with E-state index in [9.17, 15) is 8.42 Å². The van der Waals surface area contributed by atoms with Crippen molar-refractivity contribution < 1.29 is 8.42 Å². The van der Waals surface area contributed by atoms with Gasteiger partial charge in [0.15, 0.2) is 0 Å². The highest BCUT2D eigenvalue weighted by atomic mass is 79.9. The Hall–Kier alpha value is -0.100. The van der Waals surface area contributed by atoms with Gasteiger partial charge in [-0.3, -0.25) is 0 Å². The molecule has 0 aliphatic carbocycles. The second-order valence-electron chi connectivity index (χ2n) is 2.12. The normalized spacial score (nSPS) is 11.6. The SMILES string of the molecule is NS(=O)(=O)c1ccc(Cl)c(Br)c1. The predicted molar refractivity (Wildman–Crippen MR) is 50.5 cm³/mol. The molecule has 0 amide bonds. The van der Waals surface area contributed by atoms with Crippen LogP contribution in [0.5, 0.6) is 0 Å². The summed E-state index contributed by atoms with van der Waals surface area (Å²) in [5, 5.41) is 5.33. The maximum atomic E-state index is 10.8. The molecular formula is C6H5BrClNO2S. The molecule has 0 spiro atoms. The number of primary sulfonamides is 1. The van der Waals surface area contributed by atoms with Crippen LogP contribution in [0, 0.1) is 0 Å². The molecule has 0 saturated heterocycles. The number of hydrogen-bond donors (Lipinski definition) is 1. The lowest BCUT2D eigenvalue weighted by Gasteiger charge is -1.99. The first-order chi connectivity index (χ1) is 5.41. The van der Waals surface area contributed by atoms with Crippen LogP contribution >= 0.6 is 27.5 Å². The van der Waals surface area contributed by atoms with E-state index in [0.717, 1.165) is 0 Å². The number of halogens is 2. The van der Waals surface area contributed by atoms with Crippen LogP contribution in [0.2, 0.25) is 5.02 Å². The quantitative estimate of drug-likeness (QED) is 0.845. The first kappa shape index (κ1) is 9.98. The van der Waals surface area contributed by atoms with E-state index in [4.69, 9.17) is 16.7 Å². The Morgan fingerprint density at radius 1 is 1.42 bits per heavy atom. The Bertz CT molecular complexity index is 404. The summed E-state index contributed by atoms with van der Waals surface area (Å²) in [5.41, 5.74) is 0. The fourth-order valence-electron chi connectivity index (χ4n) is 0.654. The van der Waals surface area contributed by atoms with Gasteiger partial charge >= 0.3 is 0 Å². The smallest absolute Gasteiger partial charge is 0.225 e. The standard InChI is InChI=1S/C6H5BrClNO2S/c7-5-3-4(12(9,10)11)1-2-6(5)8/h1-3H,(H2,9,10,11). The maximum Gasteiger partial charge on any atom is 0.238 e. The summed E-state index contributed by atoms with van der Waals surface area (Å²) in [4.78, 5) is 0.0405. The van der Waals surface area contributed by atoms with Crippen molar-refractivity contribution in [3.63, 3.8) is 0 Å². The van der Waals surface area contributed by atoms with Gasteiger partial charge in [-0.1, -0.05) is 11.6 Å². The number of nitrogens with two attached hydrogens (primary N) is 1. The lowest BCUT2D eigenvalue weighted by molar-refractivity contribution is 0.598. The molecule has 1 aromatic rings. The summed E-state index contributed by atoms with van der Waals surface area (Å²) in [6.45, 7) is 0. The molecule has 0 radical (unpaired) electrons. The number of hydrogen-bond acceptors (Lipinski definition) is 2. The van der Waals surface area contributed by atoms with Gasteiger partial charge < -0.3 is 0 Å². The van der Waals surface area contributed by atoms with E-state index in [2.05, 4.69) is 15.9 Å².